The highest BCUT2D eigenvalue weighted by Gasteiger charge is 2.76. The molecule has 1 aromatic carbocycles. The number of hydrogen-bond donors (Lipinski definition) is 2. The minimum Gasteiger partial charge on any atom is -0.390 e. The van der Waals surface area contributed by atoms with Gasteiger partial charge in [-0.05, 0) is 61.8 Å². The van der Waals surface area contributed by atoms with Crippen LogP contribution in [0.3, 0.4) is 0 Å². The predicted octanol–water partition coefficient (Wildman–Crippen LogP) is 3.98. The van der Waals surface area contributed by atoms with E-state index in [1.807, 2.05) is 0 Å². The van der Waals surface area contributed by atoms with Crippen LogP contribution in [-0.2, 0) is 20.9 Å². The van der Waals surface area contributed by atoms with Crippen molar-refractivity contribution in [3.8, 4) is 0 Å². The maximum Gasteiger partial charge on any atom is 0.274 e. The van der Waals surface area contributed by atoms with Crippen molar-refractivity contribution in [3.05, 3.63) is 63.7 Å². The van der Waals surface area contributed by atoms with Crippen molar-refractivity contribution in [3.63, 3.8) is 0 Å². The van der Waals surface area contributed by atoms with Gasteiger partial charge in [-0.3, -0.25) is 19.7 Å². The fraction of sp³-hybridized carbons (Fsp3) is 0.586. The summed E-state index contributed by atoms with van der Waals surface area (Å²) >= 11 is 0. The number of para-hydroxylation sites is 1. The van der Waals surface area contributed by atoms with Gasteiger partial charge in [0.2, 0.25) is 0 Å². The maximum atomic E-state index is 17.2. The molecule has 39 heavy (non-hydrogen) atoms. The highest BCUT2D eigenvalue weighted by atomic mass is 19.1. The molecule has 9 atom stereocenters. The molecule has 0 aromatic heterocycles. The number of aliphatic hydroxyl groups is 2. The van der Waals surface area contributed by atoms with Crippen LogP contribution >= 0.6 is 0 Å². The first-order valence-corrected chi connectivity index (χ1v) is 13.2. The van der Waals surface area contributed by atoms with Gasteiger partial charge in [0, 0.05) is 22.8 Å². The molecule has 4 aliphatic carbocycles. The molecule has 0 saturated heterocycles. The van der Waals surface area contributed by atoms with Gasteiger partial charge in [0.05, 0.1) is 23.2 Å². The summed E-state index contributed by atoms with van der Waals surface area (Å²) in [5.74, 6) is -3.39. The summed E-state index contributed by atoms with van der Waals surface area (Å²) in [6.07, 6.45) is 0.125. The number of aliphatic hydroxyl groups excluding tert-OH is 1. The first kappa shape index (κ1) is 27.7. The van der Waals surface area contributed by atoms with E-state index in [2.05, 4.69) is 0 Å². The van der Waals surface area contributed by atoms with Crippen LogP contribution in [0, 0.1) is 38.7 Å². The SMILES string of the molecule is C[C@H]1C[C@H]2[C@@H]3C[C@H](F)C4=CC(=O)C=C[C@]4(C)[C@@]3(F)[C@@H](O)C[C@]2(C)[C@@]1(O)C(=O)COCc1ccccc1[N+](=O)[O-]. The second kappa shape index (κ2) is 9.11. The summed E-state index contributed by atoms with van der Waals surface area (Å²) in [7, 11) is 0. The average Bonchev–Trinajstić information content (AvgIpc) is 3.08. The van der Waals surface area contributed by atoms with Crippen molar-refractivity contribution in [2.24, 2.45) is 28.6 Å². The topological polar surface area (TPSA) is 127 Å². The Hall–Kier alpha value is -2.82. The minimum absolute atomic E-state index is 0.0113. The smallest absolute Gasteiger partial charge is 0.274 e. The van der Waals surface area contributed by atoms with Gasteiger partial charge in [-0.25, -0.2) is 8.78 Å². The van der Waals surface area contributed by atoms with Crippen molar-refractivity contribution in [2.45, 2.75) is 70.2 Å². The van der Waals surface area contributed by atoms with Crippen molar-refractivity contribution in [1.29, 1.82) is 0 Å². The Morgan fingerprint density at radius 1 is 1.23 bits per heavy atom. The molecular formula is C29H33F2NO7. The van der Waals surface area contributed by atoms with Crippen LogP contribution in [0.15, 0.2) is 48.1 Å². The molecule has 210 valence electrons. The van der Waals surface area contributed by atoms with Crippen molar-refractivity contribution in [1.82, 2.24) is 0 Å². The lowest BCUT2D eigenvalue weighted by atomic mass is 9.44. The Morgan fingerprint density at radius 2 is 1.92 bits per heavy atom. The van der Waals surface area contributed by atoms with Gasteiger partial charge in [0.1, 0.15) is 18.4 Å². The van der Waals surface area contributed by atoms with E-state index in [9.17, 15) is 29.9 Å². The number of allylic oxidation sites excluding steroid dienone is 4. The fourth-order valence-electron chi connectivity index (χ4n) is 8.31. The molecule has 10 heteroatoms. The van der Waals surface area contributed by atoms with E-state index in [1.165, 1.54) is 37.3 Å². The summed E-state index contributed by atoms with van der Waals surface area (Å²) < 4.78 is 38.3. The number of halogens is 2. The molecule has 3 saturated carbocycles. The van der Waals surface area contributed by atoms with Crippen molar-refractivity contribution >= 4 is 17.3 Å². The summed E-state index contributed by atoms with van der Waals surface area (Å²) in [4.78, 5) is 36.3. The predicted molar refractivity (Wildman–Crippen MR) is 136 cm³/mol. The number of ketones is 2. The second-order valence-electron chi connectivity index (χ2n) is 12.1. The van der Waals surface area contributed by atoms with E-state index in [4.69, 9.17) is 4.74 Å². The van der Waals surface area contributed by atoms with Gasteiger partial charge >= 0.3 is 0 Å². The molecular weight excluding hydrogens is 512 g/mol. The zero-order chi connectivity index (χ0) is 28.5. The number of nitro benzene ring substituents is 1. The Bertz CT molecular complexity index is 1300. The number of ether oxygens (including phenoxy) is 1. The Labute approximate surface area is 224 Å². The minimum atomic E-state index is -2.31. The number of nitro groups is 1. The molecule has 0 unspecified atom stereocenters. The standard InChI is InChI=1S/C29H33F2NO7/c1-16-10-19-20-12-22(30)21-11-18(33)8-9-26(21,2)28(20,31)24(34)13-27(19,3)29(16,36)25(35)15-39-14-17-6-4-5-7-23(17)32(37)38/h4-9,11,16,19-20,22,24,34,36H,10,12-15H2,1-3H3/t16-,19-,20-,22-,24-,26-,27-,28-,29-/m0/s1. The maximum absolute atomic E-state index is 17.2. The molecule has 0 radical (unpaired) electrons. The molecule has 0 aliphatic heterocycles. The molecule has 0 spiro atoms. The number of alkyl halides is 2. The van der Waals surface area contributed by atoms with E-state index >= 15 is 8.78 Å². The van der Waals surface area contributed by atoms with Crippen LogP contribution < -0.4 is 0 Å². The van der Waals surface area contributed by atoms with Gasteiger partial charge in [0.15, 0.2) is 17.2 Å². The summed E-state index contributed by atoms with van der Waals surface area (Å²) in [5, 5.41) is 34.6. The normalized spacial score (nSPS) is 42.8. The van der Waals surface area contributed by atoms with Crippen molar-refractivity contribution < 1.29 is 38.2 Å². The van der Waals surface area contributed by atoms with E-state index in [1.54, 1.807) is 19.9 Å². The number of rotatable bonds is 6. The third-order valence-corrected chi connectivity index (χ3v) is 10.3. The molecule has 8 nitrogen and oxygen atoms in total. The van der Waals surface area contributed by atoms with Crippen molar-refractivity contribution in [2.75, 3.05) is 6.61 Å². The summed E-state index contributed by atoms with van der Waals surface area (Å²) in [6, 6.07) is 5.97. The Balaban J connectivity index is 1.43. The van der Waals surface area contributed by atoms with Gasteiger partial charge in [-0.2, -0.15) is 0 Å². The quantitative estimate of drug-likeness (QED) is 0.409. The van der Waals surface area contributed by atoms with Gasteiger partial charge < -0.3 is 14.9 Å². The van der Waals surface area contributed by atoms with Gasteiger partial charge in [0.25, 0.3) is 5.69 Å². The largest absolute Gasteiger partial charge is 0.390 e. The third kappa shape index (κ3) is 3.64. The van der Waals surface area contributed by atoms with Crippen LogP contribution in [-0.4, -0.2) is 56.9 Å². The van der Waals surface area contributed by atoms with Crippen LogP contribution in [0.4, 0.5) is 14.5 Å². The van der Waals surface area contributed by atoms with Gasteiger partial charge in [-0.1, -0.05) is 32.1 Å². The van der Waals surface area contributed by atoms with Crippen LogP contribution in [0.2, 0.25) is 0 Å². The first-order chi connectivity index (χ1) is 18.2. The number of fused-ring (bicyclic) bond motifs is 5. The second-order valence-corrected chi connectivity index (χ2v) is 12.1. The number of Topliss-reactive ketones (excluding diaryl/α,β-unsaturated/α-hetero) is 1. The third-order valence-electron chi connectivity index (χ3n) is 10.3. The molecule has 4 aliphatic rings. The number of nitrogens with zero attached hydrogens (tertiary/aromatic N) is 1. The Morgan fingerprint density at radius 3 is 2.62 bits per heavy atom. The number of carbonyl (C=O) groups excluding carboxylic acids is 2. The zero-order valence-electron chi connectivity index (χ0n) is 22.1. The van der Waals surface area contributed by atoms with E-state index in [0.29, 0.717) is 0 Å². The highest BCUT2D eigenvalue weighted by molar-refractivity contribution is 6.01. The summed E-state index contributed by atoms with van der Waals surface area (Å²) in [5.41, 5.74) is -7.00. The summed E-state index contributed by atoms with van der Waals surface area (Å²) in [6.45, 7) is 4.05. The molecule has 2 N–H and O–H groups in total. The molecule has 3 fully saturated rings. The lowest BCUT2D eigenvalue weighted by Crippen LogP contribution is -2.70. The van der Waals surface area contributed by atoms with Gasteiger partial charge in [-0.15, -0.1) is 0 Å². The lowest BCUT2D eigenvalue weighted by molar-refractivity contribution is -0.385. The van der Waals surface area contributed by atoms with E-state index in [-0.39, 0.29) is 42.7 Å². The number of benzene rings is 1. The average molecular weight is 546 g/mol. The number of hydrogen-bond acceptors (Lipinski definition) is 7. The molecule has 5 rings (SSSR count). The van der Waals surface area contributed by atoms with E-state index in [0.717, 1.165) is 6.08 Å². The monoisotopic (exact) mass is 545 g/mol. The van der Waals surface area contributed by atoms with Crippen LogP contribution in [0.25, 0.3) is 0 Å². The number of carbonyl (C=O) groups is 2. The lowest BCUT2D eigenvalue weighted by Gasteiger charge is -2.63. The van der Waals surface area contributed by atoms with E-state index < -0.39 is 75.2 Å². The molecule has 1 aromatic rings. The molecule has 0 heterocycles. The van der Waals surface area contributed by atoms with Crippen LogP contribution in [0.5, 0.6) is 0 Å². The highest BCUT2D eigenvalue weighted by Crippen LogP contribution is 2.71. The molecule has 0 amide bonds. The zero-order valence-corrected chi connectivity index (χ0v) is 22.1. The Kier molecular flexibility index (Phi) is 6.48. The molecule has 0 bridgehead atoms. The fourth-order valence-corrected chi connectivity index (χ4v) is 8.31. The van der Waals surface area contributed by atoms with Crippen LogP contribution in [0.1, 0.15) is 45.6 Å². The first-order valence-electron chi connectivity index (χ1n) is 13.2.